The Hall–Kier alpha value is -3.54. The fourth-order valence-corrected chi connectivity index (χ4v) is 4.72. The van der Waals surface area contributed by atoms with Crippen LogP contribution in [0.2, 0.25) is 0 Å². The molecule has 4 rings (SSSR count). The standard InChI is InChI=1S/C27H31F3N4O4S/c1-37-20-8-5-18(6-9-20)3-2-4-24(35)33-13-11-32(12-14-33)23-10-7-19(15-22(23)28)34-17-21(38-27(34)36)16-31-26(39)25(29)30/h5-10,15,21,25H,2-4,11-14,16-17H2,1H3,(H,31,39)/t21-/m0/s1. The minimum absolute atomic E-state index is 0.0591. The lowest BCUT2D eigenvalue weighted by Crippen LogP contribution is -2.49. The van der Waals surface area contributed by atoms with Crippen molar-refractivity contribution in [3.63, 3.8) is 0 Å². The van der Waals surface area contributed by atoms with Crippen LogP contribution < -0.4 is 19.9 Å². The van der Waals surface area contributed by atoms with E-state index >= 15 is 4.39 Å². The molecule has 1 N–H and O–H groups in total. The molecule has 2 heterocycles. The maximum absolute atomic E-state index is 15.1. The fraction of sp³-hybridized carbons (Fsp3) is 0.444. The molecule has 2 aromatic rings. The number of thiocarbonyl (C=S) groups is 1. The molecule has 2 aliphatic heterocycles. The van der Waals surface area contributed by atoms with Crippen LogP contribution in [0.4, 0.5) is 29.3 Å². The third kappa shape index (κ3) is 7.31. The summed E-state index contributed by atoms with van der Waals surface area (Å²) >= 11 is 4.53. The van der Waals surface area contributed by atoms with Crippen LogP contribution in [0.1, 0.15) is 18.4 Å². The molecular formula is C27H31F3N4O4S. The average Bonchev–Trinajstić information content (AvgIpc) is 3.32. The second-order valence-corrected chi connectivity index (χ2v) is 9.81. The highest BCUT2D eigenvalue weighted by Crippen LogP contribution is 2.28. The number of carbonyl (C=O) groups is 2. The second kappa shape index (κ2) is 13.0. The van der Waals surface area contributed by atoms with Gasteiger partial charge in [0.1, 0.15) is 22.7 Å². The zero-order valence-corrected chi connectivity index (χ0v) is 22.4. The normalized spacial score (nSPS) is 17.4. The maximum atomic E-state index is 15.1. The lowest BCUT2D eigenvalue weighted by Gasteiger charge is -2.36. The first-order chi connectivity index (χ1) is 18.7. The number of hydrogen-bond donors (Lipinski definition) is 1. The molecule has 210 valence electrons. The van der Waals surface area contributed by atoms with E-state index < -0.39 is 29.4 Å². The number of halogens is 3. The summed E-state index contributed by atoms with van der Waals surface area (Å²) in [4.78, 5) is 29.3. The number of rotatable bonds is 10. The van der Waals surface area contributed by atoms with E-state index in [1.807, 2.05) is 34.1 Å². The van der Waals surface area contributed by atoms with Crippen LogP contribution in [-0.2, 0) is 16.0 Å². The maximum Gasteiger partial charge on any atom is 0.414 e. The average molecular weight is 565 g/mol. The summed E-state index contributed by atoms with van der Waals surface area (Å²) in [5, 5.41) is 2.38. The SMILES string of the molecule is COc1ccc(CCCC(=O)N2CCN(c3ccc(N4C[C@H](CNC(=S)C(F)F)OC4=O)cc3F)CC2)cc1. The Balaban J connectivity index is 1.24. The summed E-state index contributed by atoms with van der Waals surface area (Å²) in [5.41, 5.74) is 1.85. The Morgan fingerprint density at radius 2 is 1.87 bits per heavy atom. The van der Waals surface area contributed by atoms with Crippen molar-refractivity contribution in [2.45, 2.75) is 31.8 Å². The monoisotopic (exact) mass is 564 g/mol. The minimum Gasteiger partial charge on any atom is -0.497 e. The van der Waals surface area contributed by atoms with E-state index in [0.717, 1.165) is 24.2 Å². The van der Waals surface area contributed by atoms with Crippen molar-refractivity contribution >= 4 is 40.6 Å². The number of alkyl halides is 2. The van der Waals surface area contributed by atoms with Gasteiger partial charge in [-0.2, -0.15) is 0 Å². The van der Waals surface area contributed by atoms with Gasteiger partial charge in [0.15, 0.2) is 0 Å². The van der Waals surface area contributed by atoms with Crippen molar-refractivity contribution in [1.29, 1.82) is 0 Å². The first-order valence-electron chi connectivity index (χ1n) is 12.7. The number of methoxy groups -OCH3 is 1. The van der Waals surface area contributed by atoms with Gasteiger partial charge in [0.25, 0.3) is 6.43 Å². The predicted molar refractivity (Wildman–Crippen MR) is 145 cm³/mol. The van der Waals surface area contributed by atoms with Crippen LogP contribution in [0.5, 0.6) is 5.75 Å². The molecule has 0 unspecified atom stereocenters. The first kappa shape index (κ1) is 28.5. The predicted octanol–water partition coefficient (Wildman–Crippen LogP) is 4.01. The van der Waals surface area contributed by atoms with Gasteiger partial charge in [0, 0.05) is 32.6 Å². The number of hydrogen-bond acceptors (Lipinski definition) is 6. The molecule has 12 heteroatoms. The van der Waals surface area contributed by atoms with Crippen molar-refractivity contribution in [2.75, 3.05) is 56.2 Å². The van der Waals surface area contributed by atoms with Gasteiger partial charge in [-0.05, 0) is 48.7 Å². The molecule has 0 saturated carbocycles. The van der Waals surface area contributed by atoms with Gasteiger partial charge in [-0.3, -0.25) is 9.69 Å². The Morgan fingerprint density at radius 1 is 1.15 bits per heavy atom. The summed E-state index contributed by atoms with van der Waals surface area (Å²) in [6, 6.07) is 12.3. The molecule has 2 aromatic carbocycles. The quantitative estimate of drug-likeness (QED) is 0.437. The largest absolute Gasteiger partial charge is 0.497 e. The zero-order chi connectivity index (χ0) is 27.9. The molecule has 0 spiro atoms. The fourth-order valence-electron chi connectivity index (χ4n) is 4.64. The van der Waals surface area contributed by atoms with E-state index in [1.54, 1.807) is 19.2 Å². The second-order valence-electron chi connectivity index (χ2n) is 9.37. The molecule has 0 radical (unpaired) electrons. The summed E-state index contributed by atoms with van der Waals surface area (Å²) in [6.07, 6.45) is -2.17. The van der Waals surface area contributed by atoms with Crippen LogP contribution >= 0.6 is 12.2 Å². The molecule has 0 aromatic heterocycles. The molecule has 8 nitrogen and oxygen atoms in total. The van der Waals surface area contributed by atoms with Crippen LogP contribution in [-0.4, -0.2) is 80.8 Å². The van der Waals surface area contributed by atoms with Gasteiger partial charge >= 0.3 is 6.09 Å². The van der Waals surface area contributed by atoms with E-state index in [9.17, 15) is 18.4 Å². The molecule has 2 fully saturated rings. The van der Waals surface area contributed by atoms with Crippen LogP contribution in [0.3, 0.4) is 0 Å². The molecule has 2 aliphatic rings. The summed E-state index contributed by atoms with van der Waals surface area (Å²) in [5.74, 6) is 0.388. The molecule has 2 amide bonds. The highest BCUT2D eigenvalue weighted by Gasteiger charge is 2.33. The summed E-state index contributed by atoms with van der Waals surface area (Å²) in [6.45, 7) is 1.99. The Kier molecular flexibility index (Phi) is 9.50. The first-order valence-corrected chi connectivity index (χ1v) is 13.1. The van der Waals surface area contributed by atoms with Crippen molar-refractivity contribution < 1.29 is 32.2 Å². The van der Waals surface area contributed by atoms with Gasteiger partial charge in [-0.1, -0.05) is 24.4 Å². The third-order valence-corrected chi connectivity index (χ3v) is 7.13. The molecule has 1 atom stereocenters. The Morgan fingerprint density at radius 3 is 2.51 bits per heavy atom. The van der Waals surface area contributed by atoms with Gasteiger partial charge < -0.3 is 24.6 Å². The van der Waals surface area contributed by atoms with Crippen molar-refractivity contribution in [3.05, 3.63) is 53.8 Å². The van der Waals surface area contributed by atoms with Crippen LogP contribution in [0.25, 0.3) is 0 Å². The van der Waals surface area contributed by atoms with Gasteiger partial charge in [-0.25, -0.2) is 18.0 Å². The molecule has 0 bridgehead atoms. The summed E-state index contributed by atoms with van der Waals surface area (Å²) in [7, 11) is 1.62. The minimum atomic E-state index is -2.79. The highest BCUT2D eigenvalue weighted by atomic mass is 32.1. The number of amides is 2. The van der Waals surface area contributed by atoms with E-state index in [-0.39, 0.29) is 19.0 Å². The topological polar surface area (TPSA) is 74.3 Å². The van der Waals surface area contributed by atoms with Gasteiger partial charge in [0.05, 0.1) is 31.6 Å². The van der Waals surface area contributed by atoms with E-state index in [0.29, 0.717) is 44.0 Å². The van der Waals surface area contributed by atoms with Crippen LogP contribution in [0, 0.1) is 5.82 Å². The zero-order valence-electron chi connectivity index (χ0n) is 21.6. The van der Waals surface area contributed by atoms with Crippen LogP contribution in [0.15, 0.2) is 42.5 Å². The van der Waals surface area contributed by atoms with Crippen molar-refractivity contribution in [2.24, 2.45) is 0 Å². The molecule has 39 heavy (non-hydrogen) atoms. The van der Waals surface area contributed by atoms with Gasteiger partial charge in [-0.15, -0.1) is 0 Å². The van der Waals surface area contributed by atoms with Crippen molar-refractivity contribution in [3.8, 4) is 5.75 Å². The third-order valence-electron chi connectivity index (χ3n) is 6.81. The number of aryl methyl sites for hydroxylation is 1. The smallest absolute Gasteiger partial charge is 0.414 e. The lowest BCUT2D eigenvalue weighted by atomic mass is 10.1. The van der Waals surface area contributed by atoms with Gasteiger partial charge in [0.2, 0.25) is 5.91 Å². The van der Waals surface area contributed by atoms with E-state index in [4.69, 9.17) is 9.47 Å². The number of anilines is 2. The number of carbonyl (C=O) groups excluding carboxylic acids is 2. The van der Waals surface area contributed by atoms with E-state index in [1.165, 1.54) is 11.0 Å². The number of nitrogens with one attached hydrogen (secondary N) is 1. The lowest BCUT2D eigenvalue weighted by molar-refractivity contribution is -0.131. The highest BCUT2D eigenvalue weighted by molar-refractivity contribution is 7.80. The number of piperazine rings is 1. The number of benzene rings is 2. The molecule has 2 saturated heterocycles. The Bertz CT molecular complexity index is 1180. The molecular weight excluding hydrogens is 533 g/mol. The van der Waals surface area contributed by atoms with E-state index in [2.05, 4.69) is 17.5 Å². The number of cyclic esters (lactones) is 1. The summed E-state index contributed by atoms with van der Waals surface area (Å²) < 4.78 is 50.5. The number of ether oxygens (including phenoxy) is 2. The van der Waals surface area contributed by atoms with Crippen molar-refractivity contribution in [1.82, 2.24) is 10.2 Å². The molecule has 0 aliphatic carbocycles. The Labute approximate surface area is 230 Å². The number of nitrogens with zero attached hydrogens (tertiary/aromatic N) is 3.